The normalized spacial score (nSPS) is 21.6. The van der Waals surface area contributed by atoms with Crippen molar-refractivity contribution in [1.29, 1.82) is 5.26 Å². The number of rotatable bonds is 5. The van der Waals surface area contributed by atoms with Crippen LogP contribution < -0.4 is 5.73 Å². The van der Waals surface area contributed by atoms with Crippen molar-refractivity contribution in [1.82, 2.24) is 4.90 Å². The van der Waals surface area contributed by atoms with Gasteiger partial charge in [0.1, 0.15) is 5.41 Å². The van der Waals surface area contributed by atoms with Crippen LogP contribution in [0.1, 0.15) is 18.1 Å². The van der Waals surface area contributed by atoms with Crippen LogP contribution in [0, 0.1) is 16.7 Å². The molecular weight excluding hydrogens is 314 g/mol. The maximum Gasteiger partial charge on any atom is 0.239 e. The summed E-state index contributed by atoms with van der Waals surface area (Å²) in [5.41, 5.74) is 7.27. The number of carbonyl (C=O) groups excluding carboxylic acids is 1. The molecule has 1 aliphatic heterocycles. The molecule has 0 aromatic heterocycles. The average Bonchev–Trinajstić information content (AvgIpc) is 3.07. The fourth-order valence-electron chi connectivity index (χ4n) is 3.27. The predicted octanol–water partition coefficient (Wildman–Crippen LogP) is 2.09. The number of amides is 1. The van der Waals surface area contributed by atoms with Crippen molar-refractivity contribution in [2.75, 3.05) is 19.6 Å². The zero-order valence-electron chi connectivity index (χ0n) is 13.9. The van der Waals surface area contributed by atoms with Gasteiger partial charge in [-0.25, -0.2) is 0 Å². The molecule has 3 N–H and O–H groups in total. The van der Waals surface area contributed by atoms with E-state index in [1.807, 2.05) is 65.6 Å². The van der Waals surface area contributed by atoms with E-state index >= 15 is 0 Å². The van der Waals surface area contributed by atoms with Gasteiger partial charge in [0.05, 0.1) is 12.2 Å². The Hall–Kier alpha value is -2.68. The summed E-state index contributed by atoms with van der Waals surface area (Å²) in [5.74, 6) is -0.584. The van der Waals surface area contributed by atoms with Crippen molar-refractivity contribution >= 4 is 5.91 Å². The maximum absolute atomic E-state index is 11.5. The Bertz CT molecular complexity index is 783. The van der Waals surface area contributed by atoms with E-state index in [0.29, 0.717) is 19.5 Å². The van der Waals surface area contributed by atoms with Crippen molar-refractivity contribution < 1.29 is 9.90 Å². The fourth-order valence-corrected chi connectivity index (χ4v) is 3.27. The summed E-state index contributed by atoms with van der Waals surface area (Å²) in [6.45, 7) is 1.23. The number of primary amides is 1. The predicted molar refractivity (Wildman–Crippen MR) is 95.1 cm³/mol. The van der Waals surface area contributed by atoms with Gasteiger partial charge in [0.15, 0.2) is 0 Å². The summed E-state index contributed by atoms with van der Waals surface area (Å²) in [5, 5.41) is 19.7. The first-order valence-corrected chi connectivity index (χ1v) is 8.31. The number of nitriles is 1. The average molecular weight is 335 g/mol. The first kappa shape index (κ1) is 17.2. The molecule has 128 valence electrons. The molecule has 5 nitrogen and oxygen atoms in total. The minimum absolute atomic E-state index is 0.276. The third kappa shape index (κ3) is 3.55. The van der Waals surface area contributed by atoms with Crippen LogP contribution in [0.3, 0.4) is 0 Å². The van der Waals surface area contributed by atoms with Gasteiger partial charge in [0.25, 0.3) is 0 Å². The topological polar surface area (TPSA) is 90.3 Å². The van der Waals surface area contributed by atoms with Crippen LogP contribution in [0.2, 0.25) is 0 Å². The Balaban J connectivity index is 1.65. The van der Waals surface area contributed by atoms with Crippen molar-refractivity contribution in [3.8, 4) is 17.2 Å². The highest BCUT2D eigenvalue weighted by molar-refractivity contribution is 5.84. The Morgan fingerprint density at radius 3 is 2.40 bits per heavy atom. The van der Waals surface area contributed by atoms with Gasteiger partial charge >= 0.3 is 0 Å². The molecule has 5 heteroatoms. The van der Waals surface area contributed by atoms with Crippen LogP contribution in [-0.4, -0.2) is 35.5 Å². The van der Waals surface area contributed by atoms with E-state index in [1.54, 1.807) is 0 Å². The van der Waals surface area contributed by atoms with Gasteiger partial charge in [-0.15, -0.1) is 0 Å². The summed E-state index contributed by atoms with van der Waals surface area (Å²) >= 11 is 0. The van der Waals surface area contributed by atoms with Crippen molar-refractivity contribution in [3.05, 3.63) is 60.2 Å². The molecule has 2 aromatic rings. The van der Waals surface area contributed by atoms with E-state index in [-0.39, 0.29) is 6.54 Å². The molecule has 3 rings (SSSR count). The summed E-state index contributed by atoms with van der Waals surface area (Å²) in [4.78, 5) is 13.5. The van der Waals surface area contributed by atoms with Gasteiger partial charge in [0, 0.05) is 19.6 Å². The Morgan fingerprint density at radius 1 is 1.20 bits per heavy atom. The molecule has 0 saturated carbocycles. The molecular formula is C20H21N3O2. The lowest BCUT2D eigenvalue weighted by Crippen LogP contribution is -2.39. The number of likely N-dealkylation sites (tertiary alicyclic amines) is 1. The van der Waals surface area contributed by atoms with E-state index < -0.39 is 17.4 Å². The molecule has 1 heterocycles. The van der Waals surface area contributed by atoms with E-state index in [4.69, 9.17) is 5.73 Å². The number of hydrogen-bond acceptors (Lipinski definition) is 4. The number of hydrogen-bond donors (Lipinski definition) is 2. The lowest BCUT2D eigenvalue weighted by atomic mass is 9.88. The van der Waals surface area contributed by atoms with Gasteiger partial charge in [-0.1, -0.05) is 54.6 Å². The molecule has 1 fully saturated rings. The monoisotopic (exact) mass is 335 g/mol. The van der Waals surface area contributed by atoms with Gasteiger partial charge in [-0.2, -0.15) is 5.26 Å². The molecule has 1 amide bonds. The number of carbonyl (C=O) groups is 1. The van der Waals surface area contributed by atoms with Crippen molar-refractivity contribution in [2.45, 2.75) is 12.5 Å². The first-order chi connectivity index (χ1) is 12.0. The smallest absolute Gasteiger partial charge is 0.239 e. The quantitative estimate of drug-likeness (QED) is 0.875. The standard InChI is InChI=1S/C20H21N3O2/c21-13-20(19(22)25)10-11-23(14-20)12-18(24)17-8-6-16(7-9-17)15-4-2-1-3-5-15/h1-9,18,24H,10-12,14H2,(H2,22,25). The highest BCUT2D eigenvalue weighted by Gasteiger charge is 2.44. The molecule has 2 aromatic carbocycles. The summed E-state index contributed by atoms with van der Waals surface area (Å²) in [6.07, 6.45) is -0.259. The van der Waals surface area contributed by atoms with Crippen LogP contribution >= 0.6 is 0 Å². The molecule has 1 aliphatic rings. The number of aliphatic hydroxyl groups is 1. The summed E-state index contributed by atoms with van der Waals surface area (Å²) < 4.78 is 0. The molecule has 0 bridgehead atoms. The summed E-state index contributed by atoms with van der Waals surface area (Å²) in [6, 6.07) is 19.9. The first-order valence-electron chi connectivity index (χ1n) is 8.31. The maximum atomic E-state index is 11.5. The molecule has 1 saturated heterocycles. The molecule has 25 heavy (non-hydrogen) atoms. The second kappa shape index (κ2) is 7.06. The minimum Gasteiger partial charge on any atom is -0.387 e. The van der Waals surface area contributed by atoms with Crippen LogP contribution in [0.4, 0.5) is 0 Å². The van der Waals surface area contributed by atoms with Gasteiger partial charge < -0.3 is 10.8 Å². The molecule has 2 atom stereocenters. The second-order valence-corrected chi connectivity index (χ2v) is 6.55. The van der Waals surface area contributed by atoms with Crippen LogP contribution in [0.5, 0.6) is 0 Å². The molecule has 0 spiro atoms. The number of nitrogens with zero attached hydrogens (tertiary/aromatic N) is 2. The lowest BCUT2D eigenvalue weighted by Gasteiger charge is -2.22. The van der Waals surface area contributed by atoms with E-state index in [0.717, 1.165) is 16.7 Å². The van der Waals surface area contributed by atoms with Crippen LogP contribution in [-0.2, 0) is 4.79 Å². The van der Waals surface area contributed by atoms with Gasteiger partial charge in [-0.05, 0) is 23.1 Å². The zero-order valence-corrected chi connectivity index (χ0v) is 13.9. The second-order valence-electron chi connectivity index (χ2n) is 6.55. The molecule has 0 aliphatic carbocycles. The highest BCUT2D eigenvalue weighted by atomic mass is 16.3. The number of nitrogens with two attached hydrogens (primary N) is 1. The zero-order chi connectivity index (χ0) is 17.9. The lowest BCUT2D eigenvalue weighted by molar-refractivity contribution is -0.124. The third-order valence-electron chi connectivity index (χ3n) is 4.87. The minimum atomic E-state index is -1.13. The van der Waals surface area contributed by atoms with Crippen molar-refractivity contribution in [2.24, 2.45) is 11.1 Å². The Kier molecular flexibility index (Phi) is 4.84. The van der Waals surface area contributed by atoms with Crippen LogP contribution in [0.25, 0.3) is 11.1 Å². The van der Waals surface area contributed by atoms with E-state index in [2.05, 4.69) is 0 Å². The summed E-state index contributed by atoms with van der Waals surface area (Å²) in [7, 11) is 0. The Morgan fingerprint density at radius 2 is 1.84 bits per heavy atom. The Labute approximate surface area is 147 Å². The SMILES string of the molecule is N#CC1(C(N)=O)CCN(CC(O)c2ccc(-c3ccccc3)cc2)C1. The van der Waals surface area contributed by atoms with E-state index in [9.17, 15) is 15.2 Å². The number of benzene rings is 2. The number of aliphatic hydroxyl groups excluding tert-OH is 1. The number of β-amino-alcohol motifs (C(OH)–C–C–N with tert-alkyl or cyclic N) is 1. The van der Waals surface area contributed by atoms with Crippen molar-refractivity contribution in [3.63, 3.8) is 0 Å². The largest absolute Gasteiger partial charge is 0.387 e. The fraction of sp³-hybridized carbons (Fsp3) is 0.300. The molecule has 0 radical (unpaired) electrons. The van der Waals surface area contributed by atoms with Crippen LogP contribution in [0.15, 0.2) is 54.6 Å². The van der Waals surface area contributed by atoms with Gasteiger partial charge in [-0.3, -0.25) is 9.69 Å². The van der Waals surface area contributed by atoms with Gasteiger partial charge in [0.2, 0.25) is 5.91 Å². The highest BCUT2D eigenvalue weighted by Crippen LogP contribution is 2.31. The third-order valence-corrected chi connectivity index (χ3v) is 4.87. The molecule has 2 unspecified atom stereocenters. The van der Waals surface area contributed by atoms with E-state index in [1.165, 1.54) is 0 Å².